The van der Waals surface area contributed by atoms with Crippen LogP contribution < -0.4 is 5.32 Å². The molecule has 1 fully saturated rings. The molecule has 0 atom stereocenters. The van der Waals surface area contributed by atoms with Crippen molar-refractivity contribution in [3.05, 3.63) is 48.0 Å². The minimum atomic E-state index is -4.58. The zero-order chi connectivity index (χ0) is 23.8. The molecule has 31 heavy (non-hydrogen) atoms. The number of alkyl halides is 3. The number of aromatic nitrogens is 3. The number of carbonyl (C=O) groups is 1. The van der Waals surface area contributed by atoms with Crippen LogP contribution in [0.4, 0.5) is 29.1 Å². The van der Waals surface area contributed by atoms with E-state index in [0.717, 1.165) is 6.07 Å². The van der Waals surface area contributed by atoms with E-state index < -0.39 is 30.8 Å². The first-order valence-electron chi connectivity index (χ1n) is 10.3. The molecule has 2 aromatic heterocycles. The van der Waals surface area contributed by atoms with Gasteiger partial charge in [-0.3, -0.25) is 14.5 Å². The van der Waals surface area contributed by atoms with Gasteiger partial charge in [-0.25, -0.2) is 4.39 Å². The Balaban J connectivity index is 1.72. The van der Waals surface area contributed by atoms with E-state index in [9.17, 15) is 22.4 Å². The van der Waals surface area contributed by atoms with Gasteiger partial charge in [0.05, 0.1) is 17.5 Å². The van der Waals surface area contributed by atoms with E-state index in [-0.39, 0.29) is 54.4 Å². The van der Waals surface area contributed by atoms with Crippen LogP contribution in [-0.2, 0) is 11.3 Å². The lowest BCUT2D eigenvalue weighted by Crippen LogP contribution is -2.33. The van der Waals surface area contributed by atoms with Crippen molar-refractivity contribution in [3.63, 3.8) is 0 Å². The maximum absolute atomic E-state index is 13.5. The molecule has 1 aliphatic rings. The molecule has 1 aromatic carbocycles. The van der Waals surface area contributed by atoms with Gasteiger partial charge < -0.3 is 15.0 Å². The van der Waals surface area contributed by atoms with Gasteiger partial charge in [0.1, 0.15) is 18.1 Å². The zero-order valence-electron chi connectivity index (χ0n) is 18.1. The van der Waals surface area contributed by atoms with Crippen molar-refractivity contribution >= 4 is 28.3 Å². The summed E-state index contributed by atoms with van der Waals surface area (Å²) < 4.78 is 74.7. The molecule has 1 amide bonds. The van der Waals surface area contributed by atoms with Crippen molar-refractivity contribution in [3.8, 4) is 0 Å². The number of hydrogen-bond acceptors (Lipinski definition) is 5. The molecule has 3 heterocycles. The van der Waals surface area contributed by atoms with Crippen molar-refractivity contribution in [2.75, 3.05) is 31.6 Å². The van der Waals surface area contributed by atoms with E-state index in [2.05, 4.69) is 15.4 Å². The molecule has 3 aromatic rings. The number of nitrogens with one attached hydrogen (secondary N) is 1. The molecule has 1 saturated heterocycles. The van der Waals surface area contributed by atoms with Gasteiger partial charge in [-0.2, -0.15) is 18.3 Å². The summed E-state index contributed by atoms with van der Waals surface area (Å²) in [5.41, 5.74) is 0.125. The van der Waals surface area contributed by atoms with Crippen molar-refractivity contribution in [2.24, 2.45) is 0 Å². The van der Waals surface area contributed by atoms with Gasteiger partial charge in [0.25, 0.3) is 5.91 Å². The lowest BCUT2D eigenvalue weighted by atomic mass is 10.2. The lowest BCUT2D eigenvalue weighted by molar-refractivity contribution is -0.141. The van der Waals surface area contributed by atoms with Gasteiger partial charge in [0.15, 0.2) is 5.82 Å². The Morgan fingerprint density at radius 3 is 2.87 bits per heavy atom. The first-order valence-corrected chi connectivity index (χ1v) is 9.34. The summed E-state index contributed by atoms with van der Waals surface area (Å²) in [5.74, 6) is -1.15. The van der Waals surface area contributed by atoms with E-state index in [1.807, 2.05) is 0 Å². The number of halogens is 4. The fraction of sp³-hybridized carbons (Fsp3) is 0.350. The third-order valence-electron chi connectivity index (χ3n) is 4.57. The average molecular weight is 439 g/mol. The van der Waals surface area contributed by atoms with Crippen molar-refractivity contribution < 1.29 is 29.8 Å². The molecule has 7 nitrogen and oxygen atoms in total. The predicted octanol–water partition coefficient (Wildman–Crippen LogP) is 3.74. The molecule has 0 radical (unpaired) electrons. The highest BCUT2D eigenvalue weighted by Crippen LogP contribution is 2.29. The molecule has 0 spiro atoms. The fourth-order valence-electron chi connectivity index (χ4n) is 3.19. The molecular formula is C20H19F4N5O2. The number of amides is 1. The first kappa shape index (κ1) is 18.6. The van der Waals surface area contributed by atoms with Gasteiger partial charge in [-0.1, -0.05) is 6.07 Å². The van der Waals surface area contributed by atoms with E-state index >= 15 is 0 Å². The summed E-state index contributed by atoms with van der Waals surface area (Å²) in [4.78, 5) is 18.3. The zero-order valence-corrected chi connectivity index (χ0v) is 16.1. The fourth-order valence-corrected chi connectivity index (χ4v) is 3.19. The summed E-state index contributed by atoms with van der Waals surface area (Å²) in [6.45, 7) is -1.57. The summed E-state index contributed by atoms with van der Waals surface area (Å²) in [6.07, 6.45) is -5.13. The molecule has 0 saturated carbocycles. The second-order valence-electron chi connectivity index (χ2n) is 6.87. The number of pyridine rings is 1. The predicted molar refractivity (Wildman–Crippen MR) is 105 cm³/mol. The van der Waals surface area contributed by atoms with Crippen LogP contribution in [0.2, 0.25) is 0 Å². The number of fused-ring (bicyclic) bond motifs is 1. The van der Waals surface area contributed by atoms with Crippen molar-refractivity contribution in [1.29, 1.82) is 0 Å². The number of hydrogen-bond donors (Lipinski definition) is 1. The highest BCUT2D eigenvalue weighted by molar-refractivity contribution is 5.98. The Hall–Kier alpha value is -3.21. The van der Waals surface area contributed by atoms with Crippen LogP contribution in [0.3, 0.4) is 0 Å². The molecule has 11 heteroatoms. The quantitative estimate of drug-likeness (QED) is 0.627. The standard InChI is InChI=1S/C20H19F4N5O2/c21-13-3-1-4-14(9-13)26-18-15-11-25-16(19(30)28-5-2-7-31-8-6-28)10-17(15)29(27-18)12-20(22,23)24/h1,3-4,9-11H,2,5-8,12H2,(H,26,27)/i2D2. The third kappa shape index (κ3) is 4.93. The highest BCUT2D eigenvalue weighted by atomic mass is 19.4. The van der Waals surface area contributed by atoms with Gasteiger partial charge >= 0.3 is 6.18 Å². The van der Waals surface area contributed by atoms with Crippen LogP contribution in [0.5, 0.6) is 0 Å². The van der Waals surface area contributed by atoms with Crippen LogP contribution in [0.1, 0.15) is 19.6 Å². The Morgan fingerprint density at radius 1 is 1.26 bits per heavy atom. The number of nitrogens with zero attached hydrogens (tertiary/aromatic N) is 4. The van der Waals surface area contributed by atoms with E-state index in [4.69, 9.17) is 7.48 Å². The van der Waals surface area contributed by atoms with Crippen molar-refractivity contribution in [1.82, 2.24) is 19.7 Å². The third-order valence-corrected chi connectivity index (χ3v) is 4.57. The van der Waals surface area contributed by atoms with Crippen LogP contribution in [-0.4, -0.2) is 58.1 Å². The minimum Gasteiger partial charge on any atom is -0.380 e. The molecule has 1 N–H and O–H groups in total. The normalized spacial score (nSPS) is 17.7. The number of anilines is 2. The lowest BCUT2D eigenvalue weighted by Gasteiger charge is -2.19. The summed E-state index contributed by atoms with van der Waals surface area (Å²) >= 11 is 0. The second-order valence-corrected chi connectivity index (χ2v) is 6.87. The molecule has 0 unspecified atom stereocenters. The summed E-state index contributed by atoms with van der Waals surface area (Å²) in [6, 6.07) is 6.54. The largest absolute Gasteiger partial charge is 0.408 e. The van der Waals surface area contributed by atoms with E-state index in [1.165, 1.54) is 35.4 Å². The Labute approximate surface area is 177 Å². The highest BCUT2D eigenvalue weighted by Gasteiger charge is 2.30. The topological polar surface area (TPSA) is 72.3 Å². The molecule has 4 rings (SSSR count). The number of ether oxygens (including phenoxy) is 1. The molecule has 164 valence electrons. The smallest absolute Gasteiger partial charge is 0.380 e. The monoisotopic (exact) mass is 439 g/mol. The second kappa shape index (κ2) is 8.50. The Kier molecular flexibility index (Phi) is 5.09. The van der Waals surface area contributed by atoms with Crippen LogP contribution in [0, 0.1) is 5.82 Å². The number of rotatable bonds is 4. The molecular weight excluding hydrogens is 418 g/mol. The summed E-state index contributed by atoms with van der Waals surface area (Å²) in [7, 11) is 0. The average Bonchev–Trinajstić information content (AvgIpc) is 2.92. The van der Waals surface area contributed by atoms with Crippen LogP contribution in [0.25, 0.3) is 10.9 Å². The maximum atomic E-state index is 13.5. The van der Waals surface area contributed by atoms with Gasteiger partial charge in [-0.05, 0) is 30.6 Å². The molecule has 0 bridgehead atoms. The van der Waals surface area contributed by atoms with Crippen LogP contribution >= 0.6 is 0 Å². The summed E-state index contributed by atoms with van der Waals surface area (Å²) in [5, 5.41) is 6.96. The maximum Gasteiger partial charge on any atom is 0.408 e. The van der Waals surface area contributed by atoms with Gasteiger partial charge in [0.2, 0.25) is 0 Å². The van der Waals surface area contributed by atoms with Gasteiger partial charge in [-0.15, -0.1) is 0 Å². The minimum absolute atomic E-state index is 0.00124. The van der Waals surface area contributed by atoms with Crippen LogP contribution in [0.15, 0.2) is 36.5 Å². The number of benzene rings is 1. The van der Waals surface area contributed by atoms with Gasteiger partial charge in [0, 0.05) is 34.3 Å². The first-order chi connectivity index (χ1) is 15.5. The van der Waals surface area contributed by atoms with E-state index in [1.54, 1.807) is 0 Å². The SMILES string of the molecule is [2H]C1([2H])COCCN(C(=O)c2cc3c(cn2)c(Nc2cccc(F)c2)nn3CC(F)(F)F)C1. The number of carbonyl (C=O) groups excluding carboxylic acids is 1. The molecule has 0 aliphatic carbocycles. The Morgan fingerprint density at radius 2 is 2.10 bits per heavy atom. The van der Waals surface area contributed by atoms with E-state index in [0.29, 0.717) is 4.68 Å². The van der Waals surface area contributed by atoms with Crippen molar-refractivity contribution in [2.45, 2.75) is 19.1 Å². The Bertz CT molecular complexity index is 1180. The molecule has 1 aliphatic heterocycles.